The second-order valence-electron chi connectivity index (χ2n) is 12.4. The molecule has 0 aromatic carbocycles. The molecule has 0 radical (unpaired) electrons. The lowest BCUT2D eigenvalue weighted by molar-refractivity contribution is -0.235. The fourth-order valence-electron chi connectivity index (χ4n) is 9.21. The molecule has 4 rings (SSSR count). The molecule has 3 unspecified atom stereocenters. The summed E-state index contributed by atoms with van der Waals surface area (Å²) in [7, 11) is 0. The molecule has 0 aromatic heterocycles. The number of hydrogen-bond acceptors (Lipinski definition) is 3. The Hall–Kier alpha value is -0.590. The van der Waals surface area contributed by atoms with Crippen molar-refractivity contribution in [1.29, 1.82) is 0 Å². The molecule has 4 fully saturated rings. The van der Waals surface area contributed by atoms with E-state index >= 15 is 0 Å². The number of aliphatic hydroxyl groups is 2. The van der Waals surface area contributed by atoms with Gasteiger partial charge in [0.25, 0.3) is 0 Å². The lowest BCUT2D eigenvalue weighted by Gasteiger charge is -2.69. The number of allylic oxidation sites excluding steroid dienone is 1. The molecule has 10 atom stereocenters. The van der Waals surface area contributed by atoms with E-state index < -0.39 is 25.0 Å². The third kappa shape index (κ3) is 3.41. The molecule has 3 nitrogen and oxygen atoms in total. The average Bonchev–Trinajstić information content (AvgIpc) is 2.96. The van der Waals surface area contributed by atoms with Gasteiger partial charge in [-0.3, -0.25) is 0 Å². The lowest BCUT2D eigenvalue weighted by Crippen LogP contribution is -2.65. The van der Waals surface area contributed by atoms with Crippen molar-refractivity contribution < 1.29 is 28.1 Å². The zero-order valence-electron chi connectivity index (χ0n) is 20.4. The molecule has 0 spiro atoms. The Morgan fingerprint density at radius 1 is 1.03 bits per heavy atom. The van der Waals surface area contributed by atoms with Crippen LogP contribution in [0.1, 0.15) is 80.1 Å². The molecule has 6 heteroatoms. The van der Waals surface area contributed by atoms with E-state index in [0.29, 0.717) is 18.8 Å². The second kappa shape index (κ2) is 7.71. The van der Waals surface area contributed by atoms with Crippen molar-refractivity contribution in [3.05, 3.63) is 11.1 Å². The van der Waals surface area contributed by atoms with Gasteiger partial charge in [-0.2, -0.15) is 13.2 Å². The van der Waals surface area contributed by atoms with Crippen molar-refractivity contribution in [1.82, 2.24) is 0 Å². The Labute approximate surface area is 190 Å². The molecule has 0 saturated heterocycles. The molecule has 0 aliphatic heterocycles. The van der Waals surface area contributed by atoms with Crippen molar-refractivity contribution in [3.63, 3.8) is 0 Å². The van der Waals surface area contributed by atoms with Gasteiger partial charge in [-0.05, 0) is 97.9 Å². The predicted octanol–water partition coefficient (Wildman–Crippen LogP) is 5.89. The van der Waals surface area contributed by atoms with Crippen LogP contribution in [0.4, 0.5) is 13.2 Å². The highest BCUT2D eigenvalue weighted by molar-refractivity contribution is 5.32. The minimum absolute atomic E-state index is 0.0359. The number of halogens is 3. The Balaban J connectivity index is 1.74. The van der Waals surface area contributed by atoms with Gasteiger partial charge in [0.15, 0.2) is 0 Å². The Bertz CT molecular complexity index is 775. The van der Waals surface area contributed by atoms with Gasteiger partial charge in [0.05, 0.1) is 18.3 Å². The standard InChI is InChI=1S/C26H41F3O3/c1-14(2)21-17-11-19(31)22-23(4)9-8-18(30)15(3)16(23)7-10-24(22,5)25(17,6)12-20(21)32-13-26(27,28)29/h15-20,22,30-31H,7-13H2,1-6H3/t15-,16?,17?,18+,19+,20-,22?,23-,24-,25-/m0/s1. The average molecular weight is 459 g/mol. The smallest absolute Gasteiger partial charge is 0.393 e. The summed E-state index contributed by atoms with van der Waals surface area (Å²) in [4.78, 5) is 0. The van der Waals surface area contributed by atoms with Crippen molar-refractivity contribution in [2.75, 3.05) is 6.61 Å². The third-order valence-electron chi connectivity index (χ3n) is 10.7. The van der Waals surface area contributed by atoms with Gasteiger partial charge in [-0.25, -0.2) is 0 Å². The van der Waals surface area contributed by atoms with Crippen LogP contribution in [0.15, 0.2) is 11.1 Å². The Morgan fingerprint density at radius 2 is 1.69 bits per heavy atom. The van der Waals surface area contributed by atoms with E-state index in [1.165, 1.54) is 0 Å². The van der Waals surface area contributed by atoms with Gasteiger partial charge >= 0.3 is 6.18 Å². The lowest BCUT2D eigenvalue weighted by atomic mass is 9.36. The van der Waals surface area contributed by atoms with Crippen LogP contribution < -0.4 is 0 Å². The molecule has 32 heavy (non-hydrogen) atoms. The first-order chi connectivity index (χ1) is 14.7. The summed E-state index contributed by atoms with van der Waals surface area (Å²) in [5, 5.41) is 22.2. The number of alkyl halides is 3. The van der Waals surface area contributed by atoms with Gasteiger partial charge in [-0.1, -0.05) is 33.3 Å². The largest absolute Gasteiger partial charge is 0.411 e. The van der Waals surface area contributed by atoms with Gasteiger partial charge in [0.2, 0.25) is 0 Å². The summed E-state index contributed by atoms with van der Waals surface area (Å²) in [5.74, 6) is 0.676. The SMILES string of the molecule is CC(C)=C1C2C[C@@H](O)C3[C@@]4(C)CC[C@@H](O)[C@@H](C)C4CC[C@]3(C)[C@@]2(C)C[C@@H]1OCC(F)(F)F. The normalized spacial score (nSPS) is 51.1. The molecule has 4 aliphatic carbocycles. The van der Waals surface area contributed by atoms with E-state index in [4.69, 9.17) is 4.74 Å². The van der Waals surface area contributed by atoms with Crippen molar-refractivity contribution in [2.45, 2.75) is 105 Å². The van der Waals surface area contributed by atoms with Gasteiger partial charge < -0.3 is 14.9 Å². The van der Waals surface area contributed by atoms with E-state index in [0.717, 1.165) is 36.8 Å². The monoisotopic (exact) mass is 458 g/mol. The minimum atomic E-state index is -4.35. The predicted molar refractivity (Wildman–Crippen MR) is 118 cm³/mol. The number of hydrogen-bond donors (Lipinski definition) is 2. The maximum atomic E-state index is 13.0. The Morgan fingerprint density at radius 3 is 2.28 bits per heavy atom. The van der Waals surface area contributed by atoms with Crippen LogP contribution in [0.25, 0.3) is 0 Å². The van der Waals surface area contributed by atoms with E-state index in [-0.39, 0.29) is 40.1 Å². The number of rotatable bonds is 2. The zero-order chi connectivity index (χ0) is 23.9. The van der Waals surface area contributed by atoms with E-state index in [1.54, 1.807) is 0 Å². The van der Waals surface area contributed by atoms with Crippen LogP contribution >= 0.6 is 0 Å². The number of ether oxygens (including phenoxy) is 1. The quantitative estimate of drug-likeness (QED) is 0.507. The minimum Gasteiger partial charge on any atom is -0.393 e. The molecular formula is C26H41F3O3. The highest BCUT2D eigenvalue weighted by Crippen LogP contribution is 2.74. The van der Waals surface area contributed by atoms with Crippen LogP contribution in [0.3, 0.4) is 0 Å². The van der Waals surface area contributed by atoms with Gasteiger partial charge in [0.1, 0.15) is 6.61 Å². The summed E-state index contributed by atoms with van der Waals surface area (Å²) >= 11 is 0. The first kappa shape index (κ1) is 24.5. The fourth-order valence-corrected chi connectivity index (χ4v) is 9.21. The molecule has 4 aliphatic rings. The topological polar surface area (TPSA) is 49.7 Å². The van der Waals surface area contributed by atoms with E-state index in [2.05, 4.69) is 27.7 Å². The molecule has 2 N–H and O–H groups in total. The van der Waals surface area contributed by atoms with Crippen LogP contribution in [0.2, 0.25) is 0 Å². The van der Waals surface area contributed by atoms with Crippen LogP contribution in [0, 0.1) is 39.9 Å². The molecule has 4 saturated carbocycles. The number of fused-ring (bicyclic) bond motifs is 5. The molecule has 184 valence electrons. The van der Waals surface area contributed by atoms with Crippen LogP contribution in [0.5, 0.6) is 0 Å². The Kier molecular flexibility index (Phi) is 5.91. The van der Waals surface area contributed by atoms with E-state index in [1.807, 2.05) is 13.8 Å². The first-order valence-electron chi connectivity index (χ1n) is 12.4. The maximum absolute atomic E-state index is 13.0. The molecule has 0 aromatic rings. The van der Waals surface area contributed by atoms with Crippen molar-refractivity contribution in [2.24, 2.45) is 39.9 Å². The molecule has 0 heterocycles. The molecular weight excluding hydrogens is 417 g/mol. The maximum Gasteiger partial charge on any atom is 0.411 e. The highest BCUT2D eigenvalue weighted by Gasteiger charge is 2.70. The number of aliphatic hydroxyl groups excluding tert-OH is 2. The van der Waals surface area contributed by atoms with Crippen LogP contribution in [-0.2, 0) is 4.74 Å². The molecule has 0 bridgehead atoms. The summed E-state index contributed by atoms with van der Waals surface area (Å²) in [5.41, 5.74) is 1.51. The summed E-state index contributed by atoms with van der Waals surface area (Å²) < 4.78 is 44.6. The second-order valence-corrected chi connectivity index (χ2v) is 12.4. The van der Waals surface area contributed by atoms with E-state index in [9.17, 15) is 23.4 Å². The first-order valence-corrected chi connectivity index (χ1v) is 12.4. The van der Waals surface area contributed by atoms with Gasteiger partial charge in [-0.15, -0.1) is 0 Å². The van der Waals surface area contributed by atoms with Gasteiger partial charge in [0, 0.05) is 0 Å². The third-order valence-corrected chi connectivity index (χ3v) is 10.7. The summed E-state index contributed by atoms with van der Waals surface area (Å²) in [6, 6.07) is 0. The molecule has 0 amide bonds. The summed E-state index contributed by atoms with van der Waals surface area (Å²) in [6.45, 7) is 11.7. The summed E-state index contributed by atoms with van der Waals surface area (Å²) in [6.07, 6.45) is -0.940. The fraction of sp³-hybridized carbons (Fsp3) is 0.923. The van der Waals surface area contributed by atoms with Crippen molar-refractivity contribution in [3.8, 4) is 0 Å². The van der Waals surface area contributed by atoms with Crippen LogP contribution in [-0.4, -0.2) is 41.3 Å². The zero-order valence-corrected chi connectivity index (χ0v) is 20.4. The van der Waals surface area contributed by atoms with Crippen molar-refractivity contribution >= 4 is 0 Å². The highest BCUT2D eigenvalue weighted by atomic mass is 19.4.